The summed E-state index contributed by atoms with van der Waals surface area (Å²) in [6, 6.07) is 0.188. The lowest BCUT2D eigenvalue weighted by molar-refractivity contribution is 0.210. The average molecular weight is 303 g/mol. The summed E-state index contributed by atoms with van der Waals surface area (Å²) in [5, 5.41) is 12.5. The number of rotatable bonds is 5. The van der Waals surface area contributed by atoms with E-state index in [1.165, 1.54) is 12.8 Å². The molecule has 7 nitrogen and oxygen atoms in total. The lowest BCUT2D eigenvalue weighted by Gasteiger charge is -2.19. The Kier molecular flexibility index (Phi) is 3.44. The highest BCUT2D eigenvalue weighted by Crippen LogP contribution is 2.39. The van der Waals surface area contributed by atoms with Gasteiger partial charge in [-0.3, -0.25) is 4.90 Å². The molecule has 0 N–H and O–H groups in total. The van der Waals surface area contributed by atoms with Crippen LogP contribution in [0.4, 0.5) is 0 Å². The molecule has 2 aromatic heterocycles. The molecular weight excluding hydrogens is 282 g/mol. The lowest BCUT2D eigenvalue weighted by atomic mass is 10.2. The third-order valence-electron chi connectivity index (χ3n) is 4.36. The average Bonchev–Trinajstić information content (AvgIpc) is 2.95. The molecule has 2 aliphatic rings. The molecule has 3 heterocycles. The van der Waals surface area contributed by atoms with E-state index in [1.54, 1.807) is 0 Å². The molecule has 0 unspecified atom stereocenters. The van der Waals surface area contributed by atoms with Crippen molar-refractivity contribution in [2.75, 3.05) is 6.54 Å². The Labute approximate surface area is 129 Å². The Morgan fingerprint density at radius 1 is 1.23 bits per heavy atom. The van der Waals surface area contributed by atoms with Crippen LogP contribution in [0, 0.1) is 0 Å². The number of aromatic nitrogens is 4. The van der Waals surface area contributed by atoms with E-state index in [9.17, 15) is 0 Å². The van der Waals surface area contributed by atoms with Crippen LogP contribution >= 0.6 is 0 Å². The van der Waals surface area contributed by atoms with Crippen molar-refractivity contribution >= 4 is 0 Å². The van der Waals surface area contributed by atoms with Gasteiger partial charge in [-0.05, 0) is 32.2 Å². The van der Waals surface area contributed by atoms with Gasteiger partial charge >= 0.3 is 0 Å². The molecule has 1 saturated heterocycles. The second kappa shape index (κ2) is 5.46. The second-order valence-electron chi connectivity index (χ2n) is 6.58. The van der Waals surface area contributed by atoms with E-state index in [-0.39, 0.29) is 12.0 Å². The predicted octanol–water partition coefficient (Wildman–Crippen LogP) is 2.79. The van der Waals surface area contributed by atoms with E-state index >= 15 is 0 Å². The van der Waals surface area contributed by atoms with Gasteiger partial charge in [-0.25, -0.2) is 0 Å². The lowest BCUT2D eigenvalue weighted by Crippen LogP contribution is -2.23. The van der Waals surface area contributed by atoms with Gasteiger partial charge in [0.25, 0.3) is 0 Å². The predicted molar refractivity (Wildman–Crippen MR) is 77.0 cm³/mol. The molecule has 0 aromatic carbocycles. The summed E-state index contributed by atoms with van der Waals surface area (Å²) in [5.74, 6) is 3.74. The number of hydrogen-bond acceptors (Lipinski definition) is 7. The Morgan fingerprint density at radius 2 is 2.09 bits per heavy atom. The minimum Gasteiger partial charge on any atom is -0.424 e. The van der Waals surface area contributed by atoms with Crippen LogP contribution in [-0.2, 0) is 6.54 Å². The van der Waals surface area contributed by atoms with E-state index in [4.69, 9.17) is 8.94 Å². The maximum absolute atomic E-state index is 5.77. The summed E-state index contributed by atoms with van der Waals surface area (Å²) in [6.45, 7) is 5.77. The van der Waals surface area contributed by atoms with Gasteiger partial charge in [0, 0.05) is 11.8 Å². The first kappa shape index (κ1) is 13.9. The van der Waals surface area contributed by atoms with Crippen molar-refractivity contribution in [1.82, 2.24) is 25.2 Å². The van der Waals surface area contributed by atoms with Gasteiger partial charge in [-0.1, -0.05) is 19.0 Å². The van der Waals surface area contributed by atoms with Gasteiger partial charge in [0.2, 0.25) is 17.7 Å². The van der Waals surface area contributed by atoms with Crippen LogP contribution in [0.15, 0.2) is 8.94 Å². The van der Waals surface area contributed by atoms with Gasteiger partial charge in [0.15, 0.2) is 5.82 Å². The van der Waals surface area contributed by atoms with Crippen LogP contribution in [0.2, 0.25) is 0 Å². The van der Waals surface area contributed by atoms with E-state index in [0.29, 0.717) is 24.2 Å². The topological polar surface area (TPSA) is 81.1 Å². The monoisotopic (exact) mass is 303 g/mol. The summed E-state index contributed by atoms with van der Waals surface area (Å²) in [4.78, 5) is 6.85. The highest BCUT2D eigenvalue weighted by molar-refractivity contribution is 5.02. The van der Waals surface area contributed by atoms with Crippen molar-refractivity contribution in [3.05, 3.63) is 23.5 Å². The Morgan fingerprint density at radius 3 is 2.82 bits per heavy atom. The largest absolute Gasteiger partial charge is 0.424 e. The standard InChI is InChI=1S/C15H21N5O2/c1-9(2)14-16-13(19-22-14)11-4-3-7-20(11)8-12-17-18-15(21-12)10-5-6-10/h9-11H,3-8H2,1-2H3/t11-/m0/s1. The summed E-state index contributed by atoms with van der Waals surface area (Å²) < 4.78 is 11.1. The highest BCUT2D eigenvalue weighted by Gasteiger charge is 2.33. The molecule has 0 radical (unpaired) electrons. The molecule has 2 fully saturated rings. The van der Waals surface area contributed by atoms with Crippen molar-refractivity contribution in [1.29, 1.82) is 0 Å². The minimum absolute atomic E-state index is 0.188. The number of nitrogens with zero attached hydrogens (tertiary/aromatic N) is 5. The molecule has 1 aliphatic heterocycles. The first-order chi connectivity index (χ1) is 10.7. The summed E-state index contributed by atoms with van der Waals surface area (Å²) >= 11 is 0. The molecule has 4 rings (SSSR count). The van der Waals surface area contributed by atoms with Crippen molar-refractivity contribution in [2.45, 2.75) is 64.0 Å². The number of hydrogen-bond donors (Lipinski definition) is 0. The van der Waals surface area contributed by atoms with Crippen molar-refractivity contribution < 1.29 is 8.94 Å². The zero-order valence-corrected chi connectivity index (χ0v) is 13.0. The van der Waals surface area contributed by atoms with Crippen LogP contribution in [0.5, 0.6) is 0 Å². The van der Waals surface area contributed by atoms with Crippen molar-refractivity contribution in [2.24, 2.45) is 0 Å². The van der Waals surface area contributed by atoms with Crippen molar-refractivity contribution in [3.63, 3.8) is 0 Å². The molecule has 0 bridgehead atoms. The van der Waals surface area contributed by atoms with Crippen LogP contribution in [0.25, 0.3) is 0 Å². The molecule has 0 amide bonds. The smallest absolute Gasteiger partial charge is 0.230 e. The molecule has 1 aliphatic carbocycles. The second-order valence-corrected chi connectivity index (χ2v) is 6.58. The van der Waals surface area contributed by atoms with Crippen molar-refractivity contribution in [3.8, 4) is 0 Å². The molecule has 0 spiro atoms. The van der Waals surface area contributed by atoms with Crippen LogP contribution < -0.4 is 0 Å². The van der Waals surface area contributed by atoms with E-state index < -0.39 is 0 Å². The van der Waals surface area contributed by atoms with Crippen LogP contribution in [0.3, 0.4) is 0 Å². The van der Waals surface area contributed by atoms with Gasteiger partial charge in [0.05, 0.1) is 12.6 Å². The molecule has 1 saturated carbocycles. The molecule has 2 aromatic rings. The molecule has 1 atom stereocenters. The normalized spacial score (nSPS) is 22.8. The Bertz CT molecular complexity index is 646. The fourth-order valence-corrected chi connectivity index (χ4v) is 2.92. The molecular formula is C15H21N5O2. The first-order valence-corrected chi connectivity index (χ1v) is 8.10. The SMILES string of the molecule is CC(C)c1nc([C@@H]2CCCN2Cc2nnc(C3CC3)o2)no1. The summed E-state index contributed by atoms with van der Waals surface area (Å²) in [6.07, 6.45) is 4.52. The van der Waals surface area contributed by atoms with E-state index in [0.717, 1.165) is 31.1 Å². The van der Waals surface area contributed by atoms with Gasteiger partial charge in [-0.15, -0.1) is 10.2 Å². The molecule has 22 heavy (non-hydrogen) atoms. The van der Waals surface area contributed by atoms with Crippen LogP contribution in [-0.4, -0.2) is 31.8 Å². The summed E-state index contributed by atoms with van der Waals surface area (Å²) in [5.41, 5.74) is 0. The fourth-order valence-electron chi connectivity index (χ4n) is 2.92. The van der Waals surface area contributed by atoms with E-state index in [2.05, 4.69) is 39.1 Å². The third-order valence-corrected chi connectivity index (χ3v) is 4.36. The van der Waals surface area contributed by atoms with Gasteiger partial charge < -0.3 is 8.94 Å². The zero-order chi connectivity index (χ0) is 15.1. The summed E-state index contributed by atoms with van der Waals surface area (Å²) in [7, 11) is 0. The van der Waals surface area contributed by atoms with Gasteiger partial charge in [0.1, 0.15) is 0 Å². The minimum atomic E-state index is 0.188. The fraction of sp³-hybridized carbons (Fsp3) is 0.733. The highest BCUT2D eigenvalue weighted by atomic mass is 16.5. The third kappa shape index (κ3) is 2.65. The maximum atomic E-state index is 5.77. The Balaban J connectivity index is 1.47. The quantitative estimate of drug-likeness (QED) is 0.840. The first-order valence-electron chi connectivity index (χ1n) is 8.10. The number of likely N-dealkylation sites (tertiary alicyclic amines) is 1. The van der Waals surface area contributed by atoms with Gasteiger partial charge in [-0.2, -0.15) is 4.98 Å². The van der Waals surface area contributed by atoms with E-state index in [1.807, 2.05) is 0 Å². The van der Waals surface area contributed by atoms with Crippen LogP contribution in [0.1, 0.15) is 80.9 Å². The Hall–Kier alpha value is -1.76. The zero-order valence-electron chi connectivity index (χ0n) is 13.0. The molecule has 118 valence electrons. The maximum Gasteiger partial charge on any atom is 0.230 e. The molecule has 7 heteroatoms.